The fraction of sp³-hybridized carbons (Fsp3) is 0.278. The molecule has 2 aromatic carbocycles. The molecular formula is C18H17FN2O4S. The highest BCUT2D eigenvalue weighted by molar-refractivity contribution is 7.89. The van der Waals surface area contributed by atoms with Gasteiger partial charge in [-0.2, -0.15) is 4.31 Å². The number of carbonyl (C=O) groups excluding carboxylic acids is 1. The summed E-state index contributed by atoms with van der Waals surface area (Å²) in [5, 5.41) is 2.62. The lowest BCUT2D eigenvalue weighted by Gasteiger charge is -2.21. The number of nitrogens with zero attached hydrogens (tertiary/aromatic N) is 1. The number of fused-ring (bicyclic) bond motifs is 1. The van der Waals surface area contributed by atoms with Gasteiger partial charge < -0.3 is 10.1 Å². The van der Waals surface area contributed by atoms with E-state index in [1.165, 1.54) is 28.6 Å². The highest BCUT2D eigenvalue weighted by Gasteiger charge is 2.34. The van der Waals surface area contributed by atoms with Crippen LogP contribution in [0.2, 0.25) is 0 Å². The molecule has 0 aromatic heterocycles. The van der Waals surface area contributed by atoms with Crippen LogP contribution in [-0.2, 0) is 14.8 Å². The van der Waals surface area contributed by atoms with Crippen LogP contribution in [-0.4, -0.2) is 38.3 Å². The van der Waals surface area contributed by atoms with Gasteiger partial charge in [-0.1, -0.05) is 12.1 Å². The number of ether oxygens (including phenoxy) is 1. The number of rotatable bonds is 3. The number of halogens is 1. The Kier molecular flexibility index (Phi) is 4.16. The first-order chi connectivity index (χ1) is 12.4. The Morgan fingerprint density at radius 1 is 1.19 bits per heavy atom. The number of hydrogen-bond donors (Lipinski definition) is 1. The van der Waals surface area contributed by atoms with Crippen molar-refractivity contribution in [3.63, 3.8) is 0 Å². The van der Waals surface area contributed by atoms with Gasteiger partial charge in [-0.15, -0.1) is 0 Å². The van der Waals surface area contributed by atoms with Crippen LogP contribution >= 0.6 is 0 Å². The monoisotopic (exact) mass is 376 g/mol. The normalized spacial score (nSPS) is 20.3. The van der Waals surface area contributed by atoms with Gasteiger partial charge in [-0.3, -0.25) is 4.79 Å². The third kappa shape index (κ3) is 3.06. The zero-order valence-electron chi connectivity index (χ0n) is 13.8. The summed E-state index contributed by atoms with van der Waals surface area (Å²) in [5.74, 6) is -0.239. The number of sulfonamides is 1. The van der Waals surface area contributed by atoms with E-state index in [1.54, 1.807) is 12.1 Å². The fourth-order valence-corrected chi connectivity index (χ4v) is 4.88. The van der Waals surface area contributed by atoms with Crippen LogP contribution in [0.25, 0.3) is 0 Å². The molecule has 136 valence electrons. The molecule has 1 saturated heterocycles. The fourth-order valence-electron chi connectivity index (χ4n) is 3.35. The first kappa shape index (κ1) is 17.0. The van der Waals surface area contributed by atoms with Crippen LogP contribution in [0.5, 0.6) is 5.75 Å². The molecule has 26 heavy (non-hydrogen) atoms. The predicted molar refractivity (Wildman–Crippen MR) is 93.1 cm³/mol. The Labute approximate surface area is 150 Å². The molecule has 2 aliphatic rings. The topological polar surface area (TPSA) is 75.7 Å². The van der Waals surface area contributed by atoms with E-state index >= 15 is 0 Å². The van der Waals surface area contributed by atoms with E-state index in [0.717, 1.165) is 5.56 Å². The number of anilines is 1. The molecule has 0 aliphatic carbocycles. The lowest BCUT2D eigenvalue weighted by molar-refractivity contribution is -0.118. The van der Waals surface area contributed by atoms with Crippen molar-refractivity contribution in [2.45, 2.75) is 17.2 Å². The van der Waals surface area contributed by atoms with Gasteiger partial charge in [0.1, 0.15) is 11.6 Å². The third-order valence-electron chi connectivity index (χ3n) is 4.69. The van der Waals surface area contributed by atoms with Crippen LogP contribution in [0.3, 0.4) is 0 Å². The van der Waals surface area contributed by atoms with Gasteiger partial charge in [0.2, 0.25) is 10.0 Å². The first-order valence-electron chi connectivity index (χ1n) is 8.26. The molecule has 2 heterocycles. The van der Waals surface area contributed by atoms with Crippen molar-refractivity contribution >= 4 is 21.6 Å². The average molecular weight is 376 g/mol. The minimum absolute atomic E-state index is 0.0406. The summed E-state index contributed by atoms with van der Waals surface area (Å²) in [7, 11) is -3.71. The van der Waals surface area contributed by atoms with Crippen LogP contribution < -0.4 is 10.1 Å². The van der Waals surface area contributed by atoms with E-state index in [0.29, 0.717) is 30.9 Å². The standard InChI is InChI=1S/C18H17FN2O4S/c19-14-3-1-2-12(8-14)13-6-7-21(10-13)26(23,24)15-4-5-17-16(9-15)20-18(22)11-25-17/h1-5,8-9,13H,6-7,10-11H2,(H,20,22). The molecule has 2 aliphatic heterocycles. The Morgan fingerprint density at radius 2 is 2.04 bits per heavy atom. The SMILES string of the molecule is O=C1COc2ccc(S(=O)(=O)N3CCC(c4cccc(F)c4)C3)cc2N1. The Balaban J connectivity index is 1.58. The third-order valence-corrected chi connectivity index (χ3v) is 6.55. The maximum absolute atomic E-state index is 13.4. The van der Waals surface area contributed by atoms with Gasteiger partial charge in [-0.05, 0) is 48.2 Å². The molecule has 6 nitrogen and oxygen atoms in total. The second kappa shape index (κ2) is 6.37. The second-order valence-electron chi connectivity index (χ2n) is 6.40. The van der Waals surface area contributed by atoms with Crippen molar-refractivity contribution in [2.75, 3.05) is 25.0 Å². The minimum Gasteiger partial charge on any atom is -0.482 e. The molecule has 0 radical (unpaired) electrons. The number of benzene rings is 2. The van der Waals surface area contributed by atoms with Crippen molar-refractivity contribution in [2.24, 2.45) is 0 Å². The van der Waals surface area contributed by atoms with Crippen molar-refractivity contribution in [3.05, 3.63) is 53.8 Å². The molecular weight excluding hydrogens is 359 g/mol. The molecule has 4 rings (SSSR count). The summed E-state index contributed by atoms with van der Waals surface area (Å²) in [5.41, 5.74) is 1.15. The maximum atomic E-state index is 13.4. The predicted octanol–water partition coefficient (Wildman–Crippen LogP) is 2.33. The number of nitrogens with one attached hydrogen (secondary N) is 1. The Morgan fingerprint density at radius 3 is 2.85 bits per heavy atom. The van der Waals surface area contributed by atoms with Crippen LogP contribution in [0.15, 0.2) is 47.4 Å². The summed E-state index contributed by atoms with van der Waals surface area (Å²) < 4.78 is 46.0. The van der Waals surface area contributed by atoms with E-state index in [2.05, 4.69) is 5.32 Å². The molecule has 0 saturated carbocycles. The zero-order chi connectivity index (χ0) is 18.3. The Bertz CT molecular complexity index is 977. The van der Waals surface area contributed by atoms with Gasteiger partial charge in [0.15, 0.2) is 6.61 Å². The molecule has 1 unspecified atom stereocenters. The van der Waals surface area contributed by atoms with E-state index in [1.807, 2.05) is 6.07 Å². The van der Waals surface area contributed by atoms with Crippen LogP contribution in [0, 0.1) is 5.82 Å². The van der Waals surface area contributed by atoms with Gasteiger partial charge in [0, 0.05) is 13.1 Å². The summed E-state index contributed by atoms with van der Waals surface area (Å²) >= 11 is 0. The lowest BCUT2D eigenvalue weighted by Crippen LogP contribution is -2.29. The summed E-state index contributed by atoms with van der Waals surface area (Å²) in [6.07, 6.45) is 0.632. The van der Waals surface area contributed by atoms with Crippen molar-refractivity contribution in [3.8, 4) is 5.75 Å². The number of amides is 1. The van der Waals surface area contributed by atoms with Gasteiger partial charge in [0.05, 0.1) is 10.6 Å². The van der Waals surface area contributed by atoms with Crippen molar-refractivity contribution < 1.29 is 22.3 Å². The van der Waals surface area contributed by atoms with Gasteiger partial charge >= 0.3 is 0 Å². The maximum Gasteiger partial charge on any atom is 0.262 e. The second-order valence-corrected chi connectivity index (χ2v) is 8.34. The Hall–Kier alpha value is -2.45. The van der Waals surface area contributed by atoms with Crippen LogP contribution in [0.4, 0.5) is 10.1 Å². The molecule has 0 bridgehead atoms. The van der Waals surface area contributed by atoms with E-state index in [-0.39, 0.29) is 29.1 Å². The van der Waals surface area contributed by atoms with Crippen molar-refractivity contribution in [1.82, 2.24) is 4.31 Å². The van der Waals surface area contributed by atoms with E-state index in [9.17, 15) is 17.6 Å². The molecule has 1 amide bonds. The van der Waals surface area contributed by atoms with Gasteiger partial charge in [-0.25, -0.2) is 12.8 Å². The largest absolute Gasteiger partial charge is 0.482 e. The van der Waals surface area contributed by atoms with Gasteiger partial charge in [0.25, 0.3) is 5.91 Å². The highest BCUT2D eigenvalue weighted by Crippen LogP contribution is 2.34. The summed E-state index contributed by atoms with van der Waals surface area (Å²) in [6.45, 7) is 0.579. The smallest absolute Gasteiger partial charge is 0.262 e. The summed E-state index contributed by atoms with van der Waals surface area (Å²) in [6, 6.07) is 10.7. The molecule has 1 fully saturated rings. The lowest BCUT2D eigenvalue weighted by atomic mass is 9.99. The van der Waals surface area contributed by atoms with E-state index < -0.39 is 10.0 Å². The molecule has 2 aromatic rings. The first-order valence-corrected chi connectivity index (χ1v) is 9.70. The molecule has 1 N–H and O–H groups in total. The molecule has 1 atom stereocenters. The number of hydrogen-bond acceptors (Lipinski definition) is 4. The van der Waals surface area contributed by atoms with Crippen LogP contribution in [0.1, 0.15) is 17.9 Å². The average Bonchev–Trinajstić information content (AvgIpc) is 3.12. The minimum atomic E-state index is -3.71. The van der Waals surface area contributed by atoms with E-state index in [4.69, 9.17) is 4.74 Å². The molecule has 0 spiro atoms. The quantitative estimate of drug-likeness (QED) is 0.892. The molecule has 8 heteroatoms. The summed E-state index contributed by atoms with van der Waals surface area (Å²) in [4.78, 5) is 11.5. The van der Waals surface area contributed by atoms with Crippen molar-refractivity contribution in [1.29, 1.82) is 0 Å². The number of carbonyl (C=O) groups is 1. The zero-order valence-corrected chi connectivity index (χ0v) is 14.6. The highest BCUT2D eigenvalue weighted by atomic mass is 32.2.